The number of ketones is 1. The molecule has 19 heavy (non-hydrogen) atoms. The Morgan fingerprint density at radius 1 is 1.11 bits per heavy atom. The molecule has 3 atom stereocenters. The summed E-state index contributed by atoms with van der Waals surface area (Å²) in [5.41, 5.74) is 1.19. The summed E-state index contributed by atoms with van der Waals surface area (Å²) < 4.78 is 0. The lowest BCUT2D eigenvalue weighted by molar-refractivity contribution is 0.0767. The van der Waals surface area contributed by atoms with Gasteiger partial charge in [-0.05, 0) is 56.6 Å². The summed E-state index contributed by atoms with van der Waals surface area (Å²) in [5, 5.41) is 0. The second-order valence-electron chi connectivity index (χ2n) is 6.55. The zero-order chi connectivity index (χ0) is 13.4. The van der Waals surface area contributed by atoms with Crippen molar-refractivity contribution in [3.8, 4) is 0 Å². The van der Waals surface area contributed by atoms with Crippen molar-refractivity contribution in [3.63, 3.8) is 0 Å². The van der Waals surface area contributed by atoms with E-state index in [9.17, 15) is 4.79 Å². The number of rotatable bonds is 2. The maximum atomic E-state index is 12.7. The summed E-state index contributed by atoms with van der Waals surface area (Å²) in [6.07, 6.45) is 9.20. The molecule has 0 aromatic carbocycles. The van der Waals surface area contributed by atoms with Crippen molar-refractivity contribution in [3.05, 3.63) is 21.4 Å². The standard InChI is InChI=1S/C17H24OS/c1-11-9-12(2)19-17(11)16(18)15-8-7-13-5-3-4-6-14(13)10-15/h9,13-15H,3-8,10H2,1-2H3. The van der Waals surface area contributed by atoms with Crippen LogP contribution in [-0.2, 0) is 0 Å². The third kappa shape index (κ3) is 2.65. The van der Waals surface area contributed by atoms with Gasteiger partial charge >= 0.3 is 0 Å². The van der Waals surface area contributed by atoms with E-state index in [2.05, 4.69) is 19.9 Å². The fourth-order valence-electron chi connectivity index (χ4n) is 4.18. The SMILES string of the molecule is Cc1cc(C)c(C(=O)C2CCC3CCCCC3C2)s1. The molecule has 0 aliphatic heterocycles. The third-order valence-electron chi connectivity index (χ3n) is 5.18. The Morgan fingerprint density at radius 2 is 1.84 bits per heavy atom. The van der Waals surface area contributed by atoms with Crippen LogP contribution in [0.2, 0.25) is 0 Å². The average Bonchev–Trinajstić information content (AvgIpc) is 2.76. The summed E-state index contributed by atoms with van der Waals surface area (Å²) in [4.78, 5) is 15.0. The lowest BCUT2D eigenvalue weighted by Gasteiger charge is -2.38. The highest BCUT2D eigenvalue weighted by molar-refractivity contribution is 7.14. The Morgan fingerprint density at radius 3 is 2.53 bits per heavy atom. The molecule has 0 radical (unpaired) electrons. The van der Waals surface area contributed by atoms with Crippen molar-refractivity contribution >= 4 is 17.1 Å². The van der Waals surface area contributed by atoms with Gasteiger partial charge in [0.2, 0.25) is 0 Å². The molecule has 1 aromatic rings. The van der Waals surface area contributed by atoms with Crippen LogP contribution in [0.4, 0.5) is 0 Å². The number of thiophene rings is 1. The summed E-state index contributed by atoms with van der Waals surface area (Å²) in [6, 6.07) is 2.16. The highest BCUT2D eigenvalue weighted by Gasteiger charge is 2.35. The summed E-state index contributed by atoms with van der Waals surface area (Å²) in [6.45, 7) is 4.19. The molecule has 0 amide bonds. The molecule has 0 bridgehead atoms. The Labute approximate surface area is 120 Å². The van der Waals surface area contributed by atoms with E-state index in [1.165, 1.54) is 49.0 Å². The minimum atomic E-state index is 0.316. The molecule has 3 unspecified atom stereocenters. The smallest absolute Gasteiger partial charge is 0.176 e. The highest BCUT2D eigenvalue weighted by atomic mass is 32.1. The van der Waals surface area contributed by atoms with E-state index in [4.69, 9.17) is 0 Å². The molecular weight excluding hydrogens is 252 g/mol. The number of fused-ring (bicyclic) bond motifs is 1. The van der Waals surface area contributed by atoms with E-state index >= 15 is 0 Å². The molecule has 2 heteroatoms. The van der Waals surface area contributed by atoms with Gasteiger partial charge in [-0.2, -0.15) is 0 Å². The summed E-state index contributed by atoms with van der Waals surface area (Å²) >= 11 is 1.70. The van der Waals surface area contributed by atoms with E-state index in [1.807, 2.05) is 0 Å². The maximum absolute atomic E-state index is 12.7. The van der Waals surface area contributed by atoms with E-state index < -0.39 is 0 Å². The van der Waals surface area contributed by atoms with Crippen LogP contribution in [0.3, 0.4) is 0 Å². The van der Waals surface area contributed by atoms with Gasteiger partial charge in [-0.1, -0.05) is 25.7 Å². The van der Waals surface area contributed by atoms with Crippen LogP contribution in [0.1, 0.15) is 65.1 Å². The van der Waals surface area contributed by atoms with E-state index in [0.717, 1.165) is 23.1 Å². The lowest BCUT2D eigenvalue weighted by atomic mass is 9.66. The fourth-order valence-corrected chi connectivity index (χ4v) is 5.23. The first kappa shape index (κ1) is 13.4. The number of hydrogen-bond acceptors (Lipinski definition) is 2. The van der Waals surface area contributed by atoms with Gasteiger partial charge in [0, 0.05) is 10.8 Å². The molecule has 2 aliphatic carbocycles. The van der Waals surface area contributed by atoms with Gasteiger partial charge in [-0.25, -0.2) is 0 Å². The fraction of sp³-hybridized carbons (Fsp3) is 0.706. The van der Waals surface area contributed by atoms with Crippen LogP contribution >= 0.6 is 11.3 Å². The molecule has 0 N–H and O–H groups in total. The normalized spacial score (nSPS) is 30.9. The maximum Gasteiger partial charge on any atom is 0.176 e. The van der Waals surface area contributed by atoms with Gasteiger partial charge in [-0.3, -0.25) is 4.79 Å². The molecule has 1 nitrogen and oxygen atoms in total. The van der Waals surface area contributed by atoms with Crippen LogP contribution in [0.25, 0.3) is 0 Å². The molecule has 2 fully saturated rings. The van der Waals surface area contributed by atoms with Gasteiger partial charge in [0.05, 0.1) is 4.88 Å². The first-order chi connectivity index (χ1) is 9.15. The predicted molar refractivity (Wildman–Crippen MR) is 80.9 cm³/mol. The first-order valence-electron chi connectivity index (χ1n) is 7.76. The zero-order valence-corrected chi connectivity index (χ0v) is 12.9. The van der Waals surface area contributed by atoms with Crippen LogP contribution in [-0.4, -0.2) is 5.78 Å². The molecule has 0 spiro atoms. The Balaban J connectivity index is 1.72. The molecular formula is C17H24OS. The first-order valence-corrected chi connectivity index (χ1v) is 8.58. The van der Waals surface area contributed by atoms with Gasteiger partial charge < -0.3 is 0 Å². The molecule has 1 aromatic heterocycles. The zero-order valence-electron chi connectivity index (χ0n) is 12.1. The number of carbonyl (C=O) groups excluding carboxylic acids is 1. The van der Waals surface area contributed by atoms with E-state index in [1.54, 1.807) is 11.3 Å². The molecule has 0 saturated heterocycles. The Bertz CT molecular complexity index is 474. The lowest BCUT2D eigenvalue weighted by Crippen LogP contribution is -2.31. The predicted octanol–water partition coefficient (Wildman–Crippen LogP) is 5.15. The van der Waals surface area contributed by atoms with Crippen molar-refractivity contribution in [2.75, 3.05) is 0 Å². The van der Waals surface area contributed by atoms with Gasteiger partial charge in [0.25, 0.3) is 0 Å². The van der Waals surface area contributed by atoms with Gasteiger partial charge in [0.15, 0.2) is 5.78 Å². The summed E-state index contributed by atoms with van der Waals surface area (Å²) in [5.74, 6) is 2.54. The van der Waals surface area contributed by atoms with E-state index in [-0.39, 0.29) is 0 Å². The van der Waals surface area contributed by atoms with Crippen molar-refractivity contribution in [1.29, 1.82) is 0 Å². The topological polar surface area (TPSA) is 17.1 Å². The molecule has 3 rings (SSSR count). The molecule has 2 saturated carbocycles. The number of Topliss-reactive ketones (excluding diaryl/α,β-unsaturated/α-hetero) is 1. The summed E-state index contributed by atoms with van der Waals surface area (Å²) in [7, 11) is 0. The van der Waals surface area contributed by atoms with Gasteiger partial charge in [0.1, 0.15) is 0 Å². The van der Waals surface area contributed by atoms with Crippen LogP contribution in [0, 0.1) is 31.6 Å². The second kappa shape index (κ2) is 5.40. The monoisotopic (exact) mass is 276 g/mol. The average molecular weight is 276 g/mol. The van der Waals surface area contributed by atoms with Crippen LogP contribution < -0.4 is 0 Å². The van der Waals surface area contributed by atoms with Crippen LogP contribution in [0.15, 0.2) is 6.07 Å². The molecule has 1 heterocycles. The number of hydrogen-bond donors (Lipinski definition) is 0. The van der Waals surface area contributed by atoms with Crippen molar-refractivity contribution in [1.82, 2.24) is 0 Å². The second-order valence-corrected chi connectivity index (χ2v) is 7.80. The highest BCUT2D eigenvalue weighted by Crippen LogP contribution is 2.44. The largest absolute Gasteiger partial charge is 0.293 e. The Hall–Kier alpha value is -0.630. The van der Waals surface area contributed by atoms with Crippen molar-refractivity contribution in [2.45, 2.75) is 58.8 Å². The van der Waals surface area contributed by atoms with Gasteiger partial charge in [-0.15, -0.1) is 11.3 Å². The molecule has 104 valence electrons. The third-order valence-corrected chi connectivity index (χ3v) is 6.34. The minimum Gasteiger partial charge on any atom is -0.293 e. The minimum absolute atomic E-state index is 0.316. The number of aryl methyl sites for hydroxylation is 2. The Kier molecular flexibility index (Phi) is 3.79. The van der Waals surface area contributed by atoms with Crippen molar-refractivity contribution < 1.29 is 4.79 Å². The van der Waals surface area contributed by atoms with Crippen molar-refractivity contribution in [2.24, 2.45) is 17.8 Å². The van der Waals surface area contributed by atoms with Crippen LogP contribution in [0.5, 0.6) is 0 Å². The molecule has 2 aliphatic rings. The number of carbonyl (C=O) groups is 1. The quantitative estimate of drug-likeness (QED) is 0.682. The van der Waals surface area contributed by atoms with E-state index in [0.29, 0.717) is 11.7 Å².